The van der Waals surface area contributed by atoms with Gasteiger partial charge in [-0.3, -0.25) is 4.79 Å². The van der Waals surface area contributed by atoms with Gasteiger partial charge in [0.25, 0.3) is 5.91 Å². The van der Waals surface area contributed by atoms with E-state index < -0.39 is 15.9 Å². The number of aromatic nitrogens is 1. The van der Waals surface area contributed by atoms with E-state index in [1.54, 1.807) is 42.6 Å². The maximum absolute atomic E-state index is 13.1. The Morgan fingerprint density at radius 3 is 2.40 bits per heavy atom. The highest BCUT2D eigenvalue weighted by Crippen LogP contribution is 2.20. The van der Waals surface area contributed by atoms with Crippen LogP contribution in [0.5, 0.6) is 5.75 Å². The number of halogens is 1. The maximum Gasteiger partial charge on any atom is 0.255 e. The molecule has 2 heterocycles. The first kappa shape index (κ1) is 24.6. The molecule has 0 atom stereocenters. The lowest BCUT2D eigenvalue weighted by atomic mass is 10.2. The zero-order chi connectivity index (χ0) is 24.7. The monoisotopic (exact) mass is 498 g/mol. The Morgan fingerprint density at radius 2 is 1.69 bits per heavy atom. The zero-order valence-electron chi connectivity index (χ0n) is 19.1. The van der Waals surface area contributed by atoms with Crippen molar-refractivity contribution in [3.8, 4) is 5.75 Å². The minimum Gasteiger partial charge on any atom is -0.488 e. The fourth-order valence-electron chi connectivity index (χ4n) is 3.78. The standard InChI is InChI=1S/C25H27FN4O4S/c26-21-10-8-20(9-11-21)19-34-23-6-2-1-5-22(23)25(31)28-13-18-35(32,33)30-16-14-29(15-17-30)24-7-3-4-12-27-24/h1-12H,13-19H2,(H,28,31). The van der Waals surface area contributed by atoms with E-state index in [9.17, 15) is 17.6 Å². The molecule has 0 saturated carbocycles. The number of ether oxygens (including phenoxy) is 1. The second kappa shape index (κ2) is 11.3. The van der Waals surface area contributed by atoms with Gasteiger partial charge in [0.15, 0.2) is 0 Å². The third-order valence-electron chi connectivity index (χ3n) is 5.69. The highest BCUT2D eigenvalue weighted by molar-refractivity contribution is 7.89. The van der Waals surface area contributed by atoms with E-state index >= 15 is 0 Å². The van der Waals surface area contributed by atoms with Crippen LogP contribution in [0, 0.1) is 5.82 Å². The number of amides is 1. The number of pyridine rings is 1. The number of hydrogen-bond acceptors (Lipinski definition) is 6. The number of piperazine rings is 1. The molecule has 3 aromatic rings. The lowest BCUT2D eigenvalue weighted by Gasteiger charge is -2.34. The average Bonchev–Trinajstić information content (AvgIpc) is 2.89. The molecule has 0 aliphatic carbocycles. The van der Waals surface area contributed by atoms with Gasteiger partial charge in [-0.15, -0.1) is 0 Å². The topological polar surface area (TPSA) is 91.8 Å². The summed E-state index contributed by atoms with van der Waals surface area (Å²) in [4.78, 5) is 19.1. The van der Waals surface area contributed by atoms with E-state index in [-0.39, 0.29) is 24.7 Å². The third kappa shape index (κ3) is 6.55. The first-order valence-corrected chi connectivity index (χ1v) is 12.9. The van der Waals surface area contributed by atoms with Crippen molar-refractivity contribution < 1.29 is 22.3 Å². The van der Waals surface area contributed by atoms with Crippen molar-refractivity contribution in [3.05, 3.63) is 89.9 Å². The number of nitrogens with one attached hydrogen (secondary N) is 1. The Kier molecular flexibility index (Phi) is 7.94. The highest BCUT2D eigenvalue weighted by Gasteiger charge is 2.27. The Balaban J connectivity index is 1.27. The molecule has 1 aliphatic rings. The molecule has 1 saturated heterocycles. The summed E-state index contributed by atoms with van der Waals surface area (Å²) in [7, 11) is -3.52. The summed E-state index contributed by atoms with van der Waals surface area (Å²) >= 11 is 0. The fraction of sp³-hybridized carbons (Fsp3) is 0.280. The van der Waals surface area contributed by atoms with Crippen molar-refractivity contribution in [2.45, 2.75) is 6.61 Å². The van der Waals surface area contributed by atoms with Crippen LogP contribution in [0.15, 0.2) is 72.9 Å². The molecule has 1 aliphatic heterocycles. The summed E-state index contributed by atoms with van der Waals surface area (Å²) in [5.74, 6) is 0.245. The molecule has 0 spiro atoms. The fourth-order valence-corrected chi connectivity index (χ4v) is 5.11. The van der Waals surface area contributed by atoms with Crippen LogP contribution in [0.25, 0.3) is 0 Å². The average molecular weight is 499 g/mol. The van der Waals surface area contributed by atoms with Gasteiger partial charge in [0.1, 0.15) is 24.0 Å². The molecule has 35 heavy (non-hydrogen) atoms. The van der Waals surface area contributed by atoms with Crippen LogP contribution in [-0.2, 0) is 16.6 Å². The number of rotatable bonds is 9. The summed E-state index contributed by atoms with van der Waals surface area (Å²) < 4.78 is 45.9. The molecular weight excluding hydrogens is 471 g/mol. The van der Waals surface area contributed by atoms with Crippen LogP contribution in [0.4, 0.5) is 10.2 Å². The number of nitrogens with zero attached hydrogens (tertiary/aromatic N) is 3. The maximum atomic E-state index is 13.1. The Hall–Kier alpha value is -3.50. The SMILES string of the molecule is O=C(NCCS(=O)(=O)N1CCN(c2ccccn2)CC1)c1ccccc1OCc1ccc(F)cc1. The first-order valence-electron chi connectivity index (χ1n) is 11.3. The molecule has 10 heteroatoms. The van der Waals surface area contributed by atoms with E-state index in [1.807, 2.05) is 18.2 Å². The summed E-state index contributed by atoms with van der Waals surface area (Å²) in [6.45, 7) is 2.00. The predicted molar refractivity (Wildman–Crippen MR) is 131 cm³/mol. The summed E-state index contributed by atoms with van der Waals surface area (Å²) in [6, 6.07) is 18.3. The normalized spacial score (nSPS) is 14.5. The number of hydrogen-bond donors (Lipinski definition) is 1. The summed E-state index contributed by atoms with van der Waals surface area (Å²) in [5, 5.41) is 2.68. The number of para-hydroxylation sites is 1. The highest BCUT2D eigenvalue weighted by atomic mass is 32.2. The van der Waals surface area contributed by atoms with Crippen molar-refractivity contribution in [3.63, 3.8) is 0 Å². The number of anilines is 1. The number of benzene rings is 2. The van der Waals surface area contributed by atoms with Gasteiger partial charge < -0.3 is 15.0 Å². The van der Waals surface area contributed by atoms with Crippen LogP contribution < -0.4 is 15.0 Å². The minimum atomic E-state index is -3.52. The third-order valence-corrected chi connectivity index (χ3v) is 7.56. The van der Waals surface area contributed by atoms with Gasteiger partial charge in [0.2, 0.25) is 10.0 Å². The lowest BCUT2D eigenvalue weighted by Crippen LogP contribution is -2.50. The Bertz CT molecular complexity index is 1230. The lowest BCUT2D eigenvalue weighted by molar-refractivity contribution is 0.0951. The molecule has 0 unspecified atom stereocenters. The van der Waals surface area contributed by atoms with Crippen LogP contribution in [-0.4, -0.2) is 62.1 Å². The van der Waals surface area contributed by atoms with Gasteiger partial charge in [-0.05, 0) is 42.0 Å². The van der Waals surface area contributed by atoms with Gasteiger partial charge in [-0.25, -0.2) is 17.8 Å². The number of sulfonamides is 1. The van der Waals surface area contributed by atoms with Crippen molar-refractivity contribution in [2.24, 2.45) is 0 Å². The van der Waals surface area contributed by atoms with E-state index in [0.717, 1.165) is 11.4 Å². The minimum absolute atomic E-state index is 0.0199. The predicted octanol–water partition coefficient (Wildman–Crippen LogP) is 2.68. The van der Waals surface area contributed by atoms with Crippen LogP contribution >= 0.6 is 0 Å². The van der Waals surface area contributed by atoms with Crippen LogP contribution in [0.3, 0.4) is 0 Å². The molecule has 2 aromatic carbocycles. The van der Waals surface area contributed by atoms with Gasteiger partial charge in [-0.2, -0.15) is 4.31 Å². The summed E-state index contributed by atoms with van der Waals surface area (Å²) in [6.07, 6.45) is 1.72. The summed E-state index contributed by atoms with van der Waals surface area (Å²) in [5.41, 5.74) is 1.06. The van der Waals surface area contributed by atoms with Gasteiger partial charge in [0, 0.05) is 38.9 Å². The Labute approximate surface area is 204 Å². The van der Waals surface area contributed by atoms with Crippen molar-refractivity contribution in [2.75, 3.05) is 43.4 Å². The molecular formula is C25H27FN4O4S. The molecule has 1 aromatic heterocycles. The van der Waals surface area contributed by atoms with Crippen LogP contribution in [0.1, 0.15) is 15.9 Å². The molecule has 1 N–H and O–H groups in total. The zero-order valence-corrected chi connectivity index (χ0v) is 20.0. The largest absolute Gasteiger partial charge is 0.488 e. The molecule has 0 bridgehead atoms. The molecule has 8 nitrogen and oxygen atoms in total. The molecule has 1 amide bonds. The van der Waals surface area contributed by atoms with E-state index in [2.05, 4.69) is 15.2 Å². The second-order valence-electron chi connectivity index (χ2n) is 8.06. The molecule has 0 radical (unpaired) electrons. The molecule has 1 fully saturated rings. The van der Waals surface area contributed by atoms with Crippen molar-refractivity contribution in [1.29, 1.82) is 0 Å². The first-order chi connectivity index (χ1) is 16.9. The van der Waals surface area contributed by atoms with E-state index in [0.29, 0.717) is 37.5 Å². The van der Waals surface area contributed by atoms with Gasteiger partial charge in [0.05, 0.1) is 11.3 Å². The van der Waals surface area contributed by atoms with E-state index in [1.165, 1.54) is 16.4 Å². The molecule has 4 rings (SSSR count). The Morgan fingerprint density at radius 1 is 0.971 bits per heavy atom. The quantitative estimate of drug-likeness (QED) is 0.488. The van der Waals surface area contributed by atoms with Crippen molar-refractivity contribution >= 4 is 21.7 Å². The second-order valence-corrected chi connectivity index (χ2v) is 10.1. The van der Waals surface area contributed by atoms with E-state index in [4.69, 9.17) is 4.74 Å². The van der Waals surface area contributed by atoms with Crippen LogP contribution in [0.2, 0.25) is 0 Å². The van der Waals surface area contributed by atoms with Gasteiger partial charge in [-0.1, -0.05) is 30.3 Å². The van der Waals surface area contributed by atoms with Crippen molar-refractivity contribution in [1.82, 2.24) is 14.6 Å². The smallest absolute Gasteiger partial charge is 0.255 e. The number of carbonyl (C=O) groups excluding carboxylic acids is 1. The van der Waals surface area contributed by atoms with Gasteiger partial charge >= 0.3 is 0 Å². The molecule has 184 valence electrons. The number of carbonyl (C=O) groups is 1.